The van der Waals surface area contributed by atoms with Gasteiger partial charge in [0.25, 0.3) is 15.9 Å². The monoisotopic (exact) mass is 483 g/mol. The molecule has 1 aromatic heterocycles. The SMILES string of the molecule is Cc1cc(C)c2oc(=O)n(C3CCN(CCCCN4C(=O)c5ccccc5S4(=O)=O)CC3)c2c1. The molecule has 2 aliphatic heterocycles. The molecule has 34 heavy (non-hydrogen) atoms. The first-order valence-electron chi connectivity index (χ1n) is 11.8. The van der Waals surface area contributed by atoms with Crippen LogP contribution in [0.3, 0.4) is 0 Å². The van der Waals surface area contributed by atoms with Crippen LogP contribution in [0.2, 0.25) is 0 Å². The number of hydrogen-bond acceptors (Lipinski definition) is 6. The molecule has 0 aliphatic carbocycles. The fourth-order valence-corrected chi connectivity index (χ4v) is 6.88. The molecule has 0 saturated carbocycles. The zero-order chi connectivity index (χ0) is 24.0. The number of aryl methyl sites for hydroxylation is 2. The van der Waals surface area contributed by atoms with Crippen LogP contribution in [0.4, 0.5) is 0 Å². The molecule has 0 radical (unpaired) electrons. The molecule has 3 aromatic rings. The normalized spacial score (nSPS) is 18.6. The summed E-state index contributed by atoms with van der Waals surface area (Å²) in [5, 5.41) is 0. The minimum atomic E-state index is -3.73. The summed E-state index contributed by atoms with van der Waals surface area (Å²) in [6, 6.07) is 10.5. The standard InChI is InChI=1S/C25H29N3O5S/c1-17-15-18(2)23-21(16-17)28(25(30)33-23)19-9-13-26(14-10-19)11-5-6-12-27-24(29)20-7-3-4-8-22(20)34(27,31)32/h3-4,7-8,15-16,19H,5-6,9-14H2,1-2H3. The van der Waals surface area contributed by atoms with Gasteiger partial charge in [-0.3, -0.25) is 9.36 Å². The van der Waals surface area contributed by atoms with Crippen molar-refractivity contribution in [2.75, 3.05) is 26.2 Å². The summed E-state index contributed by atoms with van der Waals surface area (Å²) >= 11 is 0. The minimum Gasteiger partial charge on any atom is -0.407 e. The lowest BCUT2D eigenvalue weighted by Crippen LogP contribution is -2.37. The largest absolute Gasteiger partial charge is 0.420 e. The Balaban J connectivity index is 1.15. The van der Waals surface area contributed by atoms with Gasteiger partial charge < -0.3 is 9.32 Å². The Hall–Kier alpha value is -2.91. The maximum Gasteiger partial charge on any atom is 0.420 e. The molecule has 180 valence electrons. The van der Waals surface area contributed by atoms with Gasteiger partial charge in [0, 0.05) is 25.7 Å². The zero-order valence-corrected chi connectivity index (χ0v) is 20.3. The van der Waals surface area contributed by atoms with E-state index in [2.05, 4.69) is 4.90 Å². The number of benzene rings is 2. The van der Waals surface area contributed by atoms with Crippen molar-refractivity contribution < 1.29 is 17.6 Å². The maximum absolute atomic E-state index is 12.7. The van der Waals surface area contributed by atoms with E-state index in [0.717, 1.165) is 59.8 Å². The molecule has 9 heteroatoms. The van der Waals surface area contributed by atoms with E-state index in [4.69, 9.17) is 4.42 Å². The van der Waals surface area contributed by atoms with Gasteiger partial charge in [0.15, 0.2) is 5.58 Å². The van der Waals surface area contributed by atoms with E-state index >= 15 is 0 Å². The second-order valence-corrected chi connectivity index (χ2v) is 11.2. The molecule has 1 fully saturated rings. The van der Waals surface area contributed by atoms with Crippen LogP contribution in [-0.2, 0) is 10.0 Å². The van der Waals surface area contributed by atoms with Crippen LogP contribution in [-0.4, -0.2) is 54.3 Å². The number of sulfonamides is 1. The van der Waals surface area contributed by atoms with Crippen LogP contribution in [0.15, 0.2) is 50.5 Å². The average Bonchev–Trinajstić information content (AvgIpc) is 3.23. The van der Waals surface area contributed by atoms with Gasteiger partial charge >= 0.3 is 5.76 Å². The van der Waals surface area contributed by atoms with E-state index in [-0.39, 0.29) is 28.8 Å². The predicted molar refractivity (Wildman–Crippen MR) is 129 cm³/mol. The van der Waals surface area contributed by atoms with Crippen molar-refractivity contribution >= 4 is 27.0 Å². The first-order valence-corrected chi connectivity index (χ1v) is 13.2. The van der Waals surface area contributed by atoms with Crippen LogP contribution in [0.25, 0.3) is 11.1 Å². The summed E-state index contributed by atoms with van der Waals surface area (Å²) in [6.07, 6.45) is 3.13. The highest BCUT2D eigenvalue weighted by molar-refractivity contribution is 7.90. The van der Waals surface area contributed by atoms with Gasteiger partial charge in [0.05, 0.1) is 11.1 Å². The first-order chi connectivity index (χ1) is 16.3. The Bertz CT molecular complexity index is 1410. The summed E-state index contributed by atoms with van der Waals surface area (Å²) in [5.41, 5.74) is 3.89. The highest BCUT2D eigenvalue weighted by Crippen LogP contribution is 2.31. The van der Waals surface area contributed by atoms with Crippen LogP contribution in [0.1, 0.15) is 53.2 Å². The van der Waals surface area contributed by atoms with Gasteiger partial charge in [-0.25, -0.2) is 17.5 Å². The number of piperidine rings is 1. The number of rotatable bonds is 6. The zero-order valence-electron chi connectivity index (χ0n) is 19.5. The predicted octanol–water partition coefficient (Wildman–Crippen LogP) is 3.47. The Morgan fingerprint density at radius 3 is 2.44 bits per heavy atom. The van der Waals surface area contributed by atoms with Crippen LogP contribution in [0.5, 0.6) is 0 Å². The number of amides is 1. The third kappa shape index (κ3) is 3.86. The molecular weight excluding hydrogens is 454 g/mol. The quantitative estimate of drug-likeness (QED) is 0.499. The number of hydrogen-bond donors (Lipinski definition) is 0. The molecule has 0 bridgehead atoms. The molecule has 0 atom stereocenters. The minimum absolute atomic E-state index is 0.106. The molecule has 3 heterocycles. The summed E-state index contributed by atoms with van der Waals surface area (Å²) in [7, 11) is -3.73. The smallest absolute Gasteiger partial charge is 0.407 e. The van der Waals surface area contributed by atoms with Crippen molar-refractivity contribution in [3.63, 3.8) is 0 Å². The number of oxazole rings is 1. The molecule has 0 unspecified atom stereocenters. The Labute approximate surface area is 198 Å². The average molecular weight is 484 g/mol. The van der Waals surface area contributed by atoms with Gasteiger partial charge in [0.2, 0.25) is 0 Å². The molecule has 2 aliphatic rings. The molecule has 0 N–H and O–H groups in total. The maximum atomic E-state index is 12.7. The van der Waals surface area contributed by atoms with E-state index in [9.17, 15) is 18.0 Å². The molecular formula is C25H29N3O5S. The number of carbonyl (C=O) groups excluding carboxylic acids is 1. The number of aromatic nitrogens is 1. The van der Waals surface area contributed by atoms with Crippen molar-refractivity contribution in [2.24, 2.45) is 0 Å². The fraction of sp³-hybridized carbons (Fsp3) is 0.440. The molecule has 0 spiro atoms. The van der Waals surface area contributed by atoms with E-state index in [1.165, 1.54) is 6.07 Å². The third-order valence-corrected chi connectivity index (χ3v) is 8.81. The highest BCUT2D eigenvalue weighted by Gasteiger charge is 2.40. The lowest BCUT2D eigenvalue weighted by molar-refractivity contribution is 0.0868. The number of nitrogens with zero attached hydrogens (tertiary/aromatic N) is 3. The Kier molecular flexibility index (Phi) is 5.85. The number of likely N-dealkylation sites (tertiary alicyclic amines) is 1. The van der Waals surface area contributed by atoms with Crippen molar-refractivity contribution in [3.8, 4) is 0 Å². The fourth-order valence-electron chi connectivity index (χ4n) is 5.27. The molecule has 8 nitrogen and oxygen atoms in total. The van der Waals surface area contributed by atoms with Crippen molar-refractivity contribution in [1.82, 2.24) is 13.8 Å². The molecule has 1 amide bonds. The van der Waals surface area contributed by atoms with E-state index in [1.54, 1.807) is 18.2 Å². The van der Waals surface area contributed by atoms with Crippen LogP contribution >= 0.6 is 0 Å². The number of carbonyl (C=O) groups is 1. The summed E-state index contributed by atoms with van der Waals surface area (Å²) in [6.45, 7) is 6.74. The van der Waals surface area contributed by atoms with Gasteiger partial charge in [0.1, 0.15) is 4.90 Å². The van der Waals surface area contributed by atoms with Crippen molar-refractivity contribution in [3.05, 3.63) is 63.6 Å². The summed E-state index contributed by atoms with van der Waals surface area (Å²) in [4.78, 5) is 27.6. The van der Waals surface area contributed by atoms with Gasteiger partial charge in [-0.1, -0.05) is 18.2 Å². The summed E-state index contributed by atoms with van der Waals surface area (Å²) < 4.78 is 33.7. The lowest BCUT2D eigenvalue weighted by Gasteiger charge is -2.32. The first kappa shape index (κ1) is 22.9. The van der Waals surface area contributed by atoms with Crippen LogP contribution < -0.4 is 5.76 Å². The van der Waals surface area contributed by atoms with E-state index in [0.29, 0.717) is 12.0 Å². The van der Waals surface area contributed by atoms with Crippen molar-refractivity contribution in [1.29, 1.82) is 0 Å². The van der Waals surface area contributed by atoms with Crippen molar-refractivity contribution in [2.45, 2.75) is 50.5 Å². The summed E-state index contributed by atoms with van der Waals surface area (Å²) in [5.74, 6) is -0.723. The van der Waals surface area contributed by atoms with Gasteiger partial charge in [-0.15, -0.1) is 0 Å². The second kappa shape index (κ2) is 8.70. The van der Waals surface area contributed by atoms with Crippen LogP contribution in [0, 0.1) is 13.8 Å². The van der Waals surface area contributed by atoms with Gasteiger partial charge in [-0.05, 0) is 75.4 Å². The topological polar surface area (TPSA) is 92.8 Å². The molecule has 5 rings (SSSR count). The Morgan fingerprint density at radius 1 is 1.00 bits per heavy atom. The van der Waals surface area contributed by atoms with E-state index < -0.39 is 15.9 Å². The lowest BCUT2D eigenvalue weighted by atomic mass is 10.0. The number of unbranched alkanes of at least 4 members (excludes halogenated alkanes) is 1. The van der Waals surface area contributed by atoms with E-state index in [1.807, 2.05) is 30.5 Å². The second-order valence-electron chi connectivity index (χ2n) is 9.33. The molecule has 2 aromatic carbocycles. The highest BCUT2D eigenvalue weighted by atomic mass is 32.2. The van der Waals surface area contributed by atoms with Gasteiger partial charge in [-0.2, -0.15) is 0 Å². The molecule has 1 saturated heterocycles. The third-order valence-electron chi connectivity index (χ3n) is 6.96. The number of fused-ring (bicyclic) bond motifs is 2. The Morgan fingerprint density at radius 2 is 1.71 bits per heavy atom.